The largest absolute Gasteiger partial charge is 0.366 e. The number of halogens is 2. The number of aromatic amines is 1. The number of amides is 1. The van der Waals surface area contributed by atoms with Crippen LogP contribution in [0.5, 0.6) is 0 Å². The molecule has 1 aromatic heterocycles. The van der Waals surface area contributed by atoms with Crippen molar-refractivity contribution < 1.29 is 9.53 Å². The van der Waals surface area contributed by atoms with E-state index in [-0.39, 0.29) is 18.3 Å². The van der Waals surface area contributed by atoms with E-state index in [9.17, 15) is 4.79 Å². The number of nitrogens with one attached hydrogen (secondary N) is 3. The number of fused-ring (bicyclic) bond motifs is 1. The van der Waals surface area contributed by atoms with Gasteiger partial charge in [-0.25, -0.2) is 0 Å². The molecule has 1 fully saturated rings. The highest BCUT2D eigenvalue weighted by Crippen LogP contribution is 2.32. The summed E-state index contributed by atoms with van der Waals surface area (Å²) in [6.45, 7) is 1.70. The number of aromatic nitrogens is 2. The molecule has 1 aliphatic rings. The molecule has 2 aromatic carbocycles. The summed E-state index contributed by atoms with van der Waals surface area (Å²) in [5.74, 6) is 0.184. The van der Waals surface area contributed by atoms with E-state index in [1.165, 1.54) is 0 Å². The molecule has 1 atom stereocenters. The van der Waals surface area contributed by atoms with Gasteiger partial charge in [-0.1, -0.05) is 17.7 Å². The SMILES string of the molecule is Cl.N#Cc1ccc(Cl)c(-c2ccc3[nH]nc(NC(=O)[C@H]4CNCCO4)c3c2)c1. The van der Waals surface area contributed by atoms with Crippen LogP contribution in [0.3, 0.4) is 0 Å². The fourth-order valence-corrected chi connectivity index (χ4v) is 3.25. The van der Waals surface area contributed by atoms with Crippen LogP contribution in [0.25, 0.3) is 22.0 Å². The predicted octanol–water partition coefficient (Wildman–Crippen LogP) is 3.10. The number of nitrogens with zero attached hydrogens (tertiary/aromatic N) is 2. The van der Waals surface area contributed by atoms with Gasteiger partial charge in [-0.05, 0) is 35.9 Å². The Hall–Kier alpha value is -2.63. The Bertz CT molecular complexity index is 1050. The Kier molecular flexibility index (Phi) is 6.17. The molecule has 4 rings (SSSR count). The molecule has 0 bridgehead atoms. The quantitative estimate of drug-likeness (QED) is 0.607. The monoisotopic (exact) mass is 417 g/mol. The first-order chi connectivity index (χ1) is 13.2. The number of nitriles is 1. The van der Waals surface area contributed by atoms with Gasteiger partial charge in [-0.2, -0.15) is 10.4 Å². The lowest BCUT2D eigenvalue weighted by atomic mass is 10.0. The van der Waals surface area contributed by atoms with Crippen molar-refractivity contribution in [3.63, 3.8) is 0 Å². The molecule has 9 heteroatoms. The zero-order chi connectivity index (χ0) is 18.8. The average Bonchev–Trinajstić information content (AvgIpc) is 3.11. The highest BCUT2D eigenvalue weighted by Gasteiger charge is 2.23. The van der Waals surface area contributed by atoms with Gasteiger partial charge in [0, 0.05) is 29.1 Å². The molecule has 1 saturated heterocycles. The molecule has 3 aromatic rings. The van der Waals surface area contributed by atoms with Crippen LogP contribution in [0.15, 0.2) is 36.4 Å². The Morgan fingerprint density at radius 3 is 2.93 bits per heavy atom. The molecule has 0 radical (unpaired) electrons. The summed E-state index contributed by atoms with van der Waals surface area (Å²) in [6, 6.07) is 12.9. The van der Waals surface area contributed by atoms with E-state index in [4.69, 9.17) is 21.6 Å². The minimum Gasteiger partial charge on any atom is -0.366 e. The summed E-state index contributed by atoms with van der Waals surface area (Å²) in [6.07, 6.45) is -0.546. The third-order valence-electron chi connectivity index (χ3n) is 4.43. The molecule has 1 amide bonds. The van der Waals surface area contributed by atoms with Crippen molar-refractivity contribution in [2.75, 3.05) is 25.0 Å². The predicted molar refractivity (Wildman–Crippen MR) is 110 cm³/mol. The number of ether oxygens (including phenoxy) is 1. The first kappa shape index (κ1) is 20.1. The average molecular weight is 418 g/mol. The number of hydrogen-bond acceptors (Lipinski definition) is 5. The van der Waals surface area contributed by atoms with Crippen LogP contribution >= 0.6 is 24.0 Å². The number of H-pyrrole nitrogens is 1. The van der Waals surface area contributed by atoms with E-state index in [1.807, 2.05) is 18.2 Å². The van der Waals surface area contributed by atoms with Crippen LogP contribution < -0.4 is 10.6 Å². The van der Waals surface area contributed by atoms with E-state index in [1.54, 1.807) is 18.2 Å². The molecule has 0 saturated carbocycles. The second-order valence-corrected chi connectivity index (χ2v) is 6.60. The van der Waals surface area contributed by atoms with Crippen LogP contribution in [-0.4, -0.2) is 41.9 Å². The molecule has 28 heavy (non-hydrogen) atoms. The van der Waals surface area contributed by atoms with Gasteiger partial charge in [0.1, 0.15) is 6.10 Å². The molecular formula is C19H17Cl2N5O2. The number of rotatable bonds is 3. The van der Waals surface area contributed by atoms with Crippen molar-refractivity contribution in [2.24, 2.45) is 0 Å². The lowest BCUT2D eigenvalue weighted by molar-refractivity contribution is -0.128. The maximum atomic E-state index is 12.4. The maximum absolute atomic E-state index is 12.4. The van der Waals surface area contributed by atoms with Crippen LogP contribution in [0, 0.1) is 11.3 Å². The van der Waals surface area contributed by atoms with E-state index in [0.29, 0.717) is 29.6 Å². The van der Waals surface area contributed by atoms with Gasteiger partial charge in [0.05, 0.1) is 23.8 Å². The lowest BCUT2D eigenvalue weighted by Crippen LogP contribution is -2.45. The van der Waals surface area contributed by atoms with Gasteiger partial charge in [0.15, 0.2) is 5.82 Å². The van der Waals surface area contributed by atoms with Crippen LogP contribution in [0.1, 0.15) is 5.56 Å². The second kappa shape index (κ2) is 8.59. The standard InChI is InChI=1S/C19H16ClN5O2.ClH/c20-15-3-1-11(9-21)7-13(15)12-2-4-16-14(8-12)18(25-24-16)23-19(26)17-10-22-5-6-27-17;/h1-4,7-8,17,22H,5-6,10H2,(H2,23,24,25,26);1H/t17-;/m1./s1. The molecular weight excluding hydrogens is 401 g/mol. The minimum atomic E-state index is -0.546. The van der Waals surface area contributed by atoms with E-state index in [2.05, 4.69) is 26.9 Å². The summed E-state index contributed by atoms with van der Waals surface area (Å²) >= 11 is 6.31. The molecule has 3 N–H and O–H groups in total. The van der Waals surface area contributed by atoms with Crippen LogP contribution in [-0.2, 0) is 9.53 Å². The third kappa shape index (κ3) is 3.96. The van der Waals surface area contributed by atoms with Crippen molar-refractivity contribution in [1.29, 1.82) is 5.26 Å². The number of carbonyl (C=O) groups is 1. The molecule has 0 spiro atoms. The number of hydrogen-bond donors (Lipinski definition) is 3. The highest BCUT2D eigenvalue weighted by atomic mass is 35.5. The van der Waals surface area contributed by atoms with Gasteiger partial charge in [-0.15, -0.1) is 12.4 Å². The number of benzene rings is 2. The first-order valence-corrected chi connectivity index (χ1v) is 8.85. The van der Waals surface area contributed by atoms with Gasteiger partial charge >= 0.3 is 0 Å². The van der Waals surface area contributed by atoms with Gasteiger partial charge in [0.25, 0.3) is 5.91 Å². The molecule has 1 aliphatic heterocycles. The van der Waals surface area contributed by atoms with E-state index < -0.39 is 6.10 Å². The summed E-state index contributed by atoms with van der Waals surface area (Å²) in [7, 11) is 0. The Balaban J connectivity index is 0.00000225. The summed E-state index contributed by atoms with van der Waals surface area (Å²) in [4.78, 5) is 12.4. The van der Waals surface area contributed by atoms with Crippen molar-refractivity contribution in [1.82, 2.24) is 15.5 Å². The molecule has 7 nitrogen and oxygen atoms in total. The summed E-state index contributed by atoms with van der Waals surface area (Å²) in [5, 5.41) is 23.5. The molecule has 0 unspecified atom stereocenters. The number of anilines is 1. The van der Waals surface area contributed by atoms with Crippen molar-refractivity contribution in [3.8, 4) is 17.2 Å². The van der Waals surface area contributed by atoms with Crippen molar-refractivity contribution in [2.45, 2.75) is 6.10 Å². The Morgan fingerprint density at radius 2 is 2.18 bits per heavy atom. The Morgan fingerprint density at radius 1 is 1.32 bits per heavy atom. The van der Waals surface area contributed by atoms with Gasteiger partial charge in [-0.3, -0.25) is 9.89 Å². The molecule has 0 aliphatic carbocycles. The zero-order valence-electron chi connectivity index (χ0n) is 14.7. The highest BCUT2D eigenvalue weighted by molar-refractivity contribution is 6.33. The van der Waals surface area contributed by atoms with Crippen LogP contribution in [0.4, 0.5) is 5.82 Å². The normalized spacial score (nSPS) is 16.2. The van der Waals surface area contributed by atoms with Gasteiger partial charge < -0.3 is 15.4 Å². The molecule has 144 valence electrons. The topological polar surface area (TPSA) is 103 Å². The lowest BCUT2D eigenvalue weighted by Gasteiger charge is -2.22. The van der Waals surface area contributed by atoms with E-state index in [0.717, 1.165) is 28.6 Å². The fourth-order valence-electron chi connectivity index (χ4n) is 3.02. The fraction of sp³-hybridized carbons (Fsp3) is 0.211. The van der Waals surface area contributed by atoms with Crippen molar-refractivity contribution in [3.05, 3.63) is 47.0 Å². The summed E-state index contributed by atoms with van der Waals surface area (Å²) in [5.41, 5.74) is 2.88. The molecule has 2 heterocycles. The zero-order valence-corrected chi connectivity index (χ0v) is 16.2. The van der Waals surface area contributed by atoms with Crippen LogP contribution in [0.2, 0.25) is 5.02 Å². The minimum absolute atomic E-state index is 0. The number of morpholine rings is 1. The van der Waals surface area contributed by atoms with Crippen molar-refractivity contribution >= 4 is 46.6 Å². The number of carbonyl (C=O) groups excluding carboxylic acids is 1. The smallest absolute Gasteiger partial charge is 0.256 e. The first-order valence-electron chi connectivity index (χ1n) is 8.47. The van der Waals surface area contributed by atoms with E-state index >= 15 is 0 Å². The van der Waals surface area contributed by atoms with Gasteiger partial charge in [0.2, 0.25) is 0 Å². The third-order valence-corrected chi connectivity index (χ3v) is 4.76. The Labute approximate surface area is 172 Å². The maximum Gasteiger partial charge on any atom is 0.256 e. The summed E-state index contributed by atoms with van der Waals surface area (Å²) < 4.78 is 5.47. The second-order valence-electron chi connectivity index (χ2n) is 6.19.